The van der Waals surface area contributed by atoms with Crippen molar-refractivity contribution in [3.8, 4) is 0 Å². The van der Waals surface area contributed by atoms with Gasteiger partial charge in [-0.15, -0.1) is 0 Å². The van der Waals surface area contributed by atoms with Crippen molar-refractivity contribution in [2.24, 2.45) is 0 Å². The molecular weight excluding hydrogens is 320 g/mol. The fraction of sp³-hybridized carbons (Fsp3) is 0.818. The first kappa shape index (κ1) is 18.1. The number of carbonyl (C=O) groups is 2. The van der Waals surface area contributed by atoms with E-state index in [-0.39, 0.29) is 13.0 Å². The number of carbonyl (C=O) groups excluding carboxylic acids is 1. The Morgan fingerprint density at radius 1 is 1.52 bits per heavy atom. The maximum Gasteiger partial charge on any atom is 0.318 e. The molecule has 122 valence electrons. The molecule has 2 unspecified atom stereocenters. The number of thioether (sulfide) groups is 1. The summed E-state index contributed by atoms with van der Waals surface area (Å²) in [5.74, 6) is -0.0170. The largest absolute Gasteiger partial charge is 0.481 e. The van der Waals surface area contributed by atoms with Crippen LogP contribution in [0.2, 0.25) is 0 Å². The van der Waals surface area contributed by atoms with Gasteiger partial charge in [0, 0.05) is 38.0 Å². The van der Waals surface area contributed by atoms with Crippen LogP contribution < -0.4 is 5.32 Å². The van der Waals surface area contributed by atoms with Gasteiger partial charge in [0.05, 0.1) is 12.5 Å². The molecule has 1 rings (SSSR count). The second-order valence-corrected chi connectivity index (χ2v) is 8.05. The summed E-state index contributed by atoms with van der Waals surface area (Å²) >= 11 is 1.49. The molecule has 0 spiro atoms. The molecule has 1 heterocycles. The lowest BCUT2D eigenvalue weighted by Gasteiger charge is -2.34. The van der Waals surface area contributed by atoms with Crippen LogP contribution in [0.25, 0.3) is 0 Å². The van der Waals surface area contributed by atoms with Crippen LogP contribution in [0.5, 0.6) is 0 Å². The number of ether oxygens (including phenoxy) is 1. The Morgan fingerprint density at radius 3 is 2.71 bits per heavy atom. The van der Waals surface area contributed by atoms with Gasteiger partial charge in [-0.05, 0) is 0 Å². The number of nitrogens with one attached hydrogen (secondary N) is 1. The van der Waals surface area contributed by atoms with Gasteiger partial charge in [0.2, 0.25) is 0 Å². The Bertz CT molecular complexity index is 481. The van der Waals surface area contributed by atoms with Gasteiger partial charge < -0.3 is 20.1 Å². The molecule has 0 saturated carbocycles. The highest BCUT2D eigenvalue weighted by Gasteiger charge is 2.34. The van der Waals surface area contributed by atoms with E-state index in [9.17, 15) is 18.0 Å². The number of aliphatic carboxylic acids is 1. The minimum atomic E-state index is -3.36. The molecule has 21 heavy (non-hydrogen) atoms. The van der Waals surface area contributed by atoms with Gasteiger partial charge in [0.15, 0.2) is 9.84 Å². The monoisotopic (exact) mass is 340 g/mol. The predicted molar refractivity (Wildman–Crippen MR) is 79.1 cm³/mol. The first-order valence-corrected chi connectivity index (χ1v) is 9.42. The maximum absolute atomic E-state index is 12.1. The molecule has 1 aliphatic rings. The highest BCUT2D eigenvalue weighted by Crippen LogP contribution is 2.20. The quantitative estimate of drug-likeness (QED) is 0.677. The van der Waals surface area contributed by atoms with Gasteiger partial charge in [-0.2, -0.15) is 11.8 Å². The second-order valence-electron chi connectivity index (χ2n) is 4.69. The molecule has 1 aliphatic heterocycles. The van der Waals surface area contributed by atoms with E-state index in [0.717, 1.165) is 6.26 Å². The molecule has 2 amide bonds. The Labute approximate surface area is 128 Å². The van der Waals surface area contributed by atoms with E-state index in [4.69, 9.17) is 9.84 Å². The van der Waals surface area contributed by atoms with Crippen LogP contribution in [-0.4, -0.2) is 79.9 Å². The minimum absolute atomic E-state index is 0.0156. The van der Waals surface area contributed by atoms with Crippen LogP contribution in [0.3, 0.4) is 0 Å². The average Bonchev–Trinajstić information content (AvgIpc) is 2.41. The van der Waals surface area contributed by atoms with Gasteiger partial charge >= 0.3 is 12.0 Å². The van der Waals surface area contributed by atoms with Crippen LogP contribution in [0.15, 0.2) is 0 Å². The number of hydrogen-bond donors (Lipinski definition) is 2. The van der Waals surface area contributed by atoms with Crippen LogP contribution >= 0.6 is 11.8 Å². The van der Waals surface area contributed by atoms with E-state index in [2.05, 4.69) is 5.32 Å². The third kappa shape index (κ3) is 5.71. The first-order valence-electron chi connectivity index (χ1n) is 6.31. The molecule has 0 aromatic heterocycles. The van der Waals surface area contributed by atoms with Gasteiger partial charge in [-0.1, -0.05) is 0 Å². The van der Waals surface area contributed by atoms with Gasteiger partial charge in [0.25, 0.3) is 0 Å². The molecule has 0 bridgehead atoms. The van der Waals surface area contributed by atoms with Crippen molar-refractivity contribution in [2.75, 3.05) is 38.0 Å². The van der Waals surface area contributed by atoms with Crippen molar-refractivity contribution in [3.63, 3.8) is 0 Å². The smallest absolute Gasteiger partial charge is 0.318 e. The number of carboxylic acid groups (broad SMARTS) is 1. The molecule has 1 saturated heterocycles. The summed E-state index contributed by atoms with van der Waals surface area (Å²) in [6.45, 7) is 0.354. The Balaban J connectivity index is 2.62. The fourth-order valence-corrected chi connectivity index (χ4v) is 4.72. The Morgan fingerprint density at radius 2 is 2.19 bits per heavy atom. The van der Waals surface area contributed by atoms with Crippen LogP contribution in [0.4, 0.5) is 4.79 Å². The first-order chi connectivity index (χ1) is 9.75. The molecule has 0 aromatic rings. The SMILES string of the molecule is COC(CNC(=O)N1CCSCC1S(C)(=O)=O)CC(=O)O. The van der Waals surface area contributed by atoms with Crippen molar-refractivity contribution in [3.05, 3.63) is 0 Å². The minimum Gasteiger partial charge on any atom is -0.481 e. The molecule has 0 aliphatic carbocycles. The summed E-state index contributed by atoms with van der Waals surface area (Å²) in [4.78, 5) is 24.0. The third-order valence-corrected chi connectivity index (χ3v) is 5.70. The summed E-state index contributed by atoms with van der Waals surface area (Å²) in [6, 6.07) is -0.516. The molecule has 0 aromatic carbocycles. The molecule has 2 atom stereocenters. The van der Waals surface area contributed by atoms with E-state index in [1.165, 1.54) is 23.8 Å². The summed E-state index contributed by atoms with van der Waals surface area (Å²) in [7, 11) is -2.01. The van der Waals surface area contributed by atoms with Crippen LogP contribution in [0.1, 0.15) is 6.42 Å². The summed E-state index contributed by atoms with van der Waals surface area (Å²) in [5, 5.41) is 10.4. The number of urea groups is 1. The highest BCUT2D eigenvalue weighted by atomic mass is 32.2. The molecule has 10 heteroatoms. The third-order valence-electron chi connectivity index (χ3n) is 3.06. The molecule has 8 nitrogen and oxygen atoms in total. The normalized spacial score (nSPS) is 20.9. The van der Waals surface area contributed by atoms with Crippen LogP contribution in [-0.2, 0) is 19.4 Å². The maximum atomic E-state index is 12.1. The number of amides is 2. The number of nitrogens with zero attached hydrogens (tertiary/aromatic N) is 1. The summed E-state index contributed by atoms with van der Waals surface area (Å²) in [6.07, 6.45) is 0.219. The standard InChI is InChI=1S/C11H20N2O6S2/c1-19-8(5-10(14)15)6-12-11(16)13-3-4-20-7-9(13)21(2,17)18/h8-9H,3-7H2,1-2H3,(H,12,16)(H,14,15). The van der Waals surface area contributed by atoms with Crippen molar-refractivity contribution >= 4 is 33.6 Å². The summed E-state index contributed by atoms with van der Waals surface area (Å²) in [5.41, 5.74) is 0. The predicted octanol–water partition coefficient (Wildman–Crippen LogP) is -0.395. The number of methoxy groups -OCH3 is 1. The zero-order valence-electron chi connectivity index (χ0n) is 11.9. The topological polar surface area (TPSA) is 113 Å². The van der Waals surface area contributed by atoms with E-state index in [1.807, 2.05) is 0 Å². The Kier molecular flexibility index (Phi) is 6.75. The van der Waals surface area contributed by atoms with E-state index < -0.39 is 33.3 Å². The zero-order chi connectivity index (χ0) is 16.0. The zero-order valence-corrected chi connectivity index (χ0v) is 13.6. The Hall–Kier alpha value is -1.00. The number of carboxylic acids is 1. The molecular formula is C11H20N2O6S2. The van der Waals surface area contributed by atoms with E-state index in [0.29, 0.717) is 18.1 Å². The summed E-state index contributed by atoms with van der Waals surface area (Å²) < 4.78 is 28.4. The van der Waals surface area contributed by atoms with E-state index >= 15 is 0 Å². The van der Waals surface area contributed by atoms with Gasteiger partial charge in [-0.25, -0.2) is 13.2 Å². The van der Waals surface area contributed by atoms with Crippen molar-refractivity contribution < 1.29 is 27.9 Å². The number of hydrogen-bond acceptors (Lipinski definition) is 6. The van der Waals surface area contributed by atoms with Crippen molar-refractivity contribution in [1.82, 2.24) is 10.2 Å². The van der Waals surface area contributed by atoms with Crippen molar-refractivity contribution in [1.29, 1.82) is 0 Å². The fourth-order valence-electron chi connectivity index (χ4n) is 1.90. The number of sulfone groups is 1. The number of rotatable bonds is 6. The van der Waals surface area contributed by atoms with Gasteiger partial charge in [-0.3, -0.25) is 4.79 Å². The second kappa shape index (κ2) is 7.85. The lowest BCUT2D eigenvalue weighted by Crippen LogP contribution is -2.54. The lowest BCUT2D eigenvalue weighted by molar-refractivity contribution is -0.139. The molecule has 1 fully saturated rings. The molecule has 0 radical (unpaired) electrons. The molecule has 2 N–H and O–H groups in total. The van der Waals surface area contributed by atoms with Crippen LogP contribution in [0, 0.1) is 0 Å². The lowest BCUT2D eigenvalue weighted by atomic mass is 10.2. The average molecular weight is 340 g/mol. The van der Waals surface area contributed by atoms with E-state index in [1.54, 1.807) is 0 Å². The highest BCUT2D eigenvalue weighted by molar-refractivity contribution is 8.00. The van der Waals surface area contributed by atoms with Gasteiger partial charge in [0.1, 0.15) is 5.37 Å². The van der Waals surface area contributed by atoms with Crippen molar-refractivity contribution in [2.45, 2.75) is 17.9 Å².